The third kappa shape index (κ3) is 4.67. The summed E-state index contributed by atoms with van der Waals surface area (Å²) < 4.78 is 7.05. The van der Waals surface area contributed by atoms with Crippen molar-refractivity contribution in [1.29, 1.82) is 0 Å². The van der Waals surface area contributed by atoms with Gasteiger partial charge in [-0.2, -0.15) is 0 Å². The van der Waals surface area contributed by atoms with Gasteiger partial charge in [-0.25, -0.2) is 4.98 Å². The summed E-state index contributed by atoms with van der Waals surface area (Å²) in [5, 5.41) is 3.96. The lowest BCUT2D eigenvalue weighted by Gasteiger charge is -2.18. The van der Waals surface area contributed by atoms with Crippen molar-refractivity contribution in [3.05, 3.63) is 58.4 Å². The Hall–Kier alpha value is -2.80. The number of nitrogens with one attached hydrogen (secondary N) is 1. The molecule has 7 heteroatoms. The van der Waals surface area contributed by atoms with Gasteiger partial charge in [0.25, 0.3) is 5.56 Å². The molecule has 0 bridgehead atoms. The molecule has 158 valence electrons. The lowest BCUT2D eigenvalue weighted by atomic mass is 10.1. The maximum Gasteiger partial charge on any atom is 0.266 e. The molecule has 1 N–H and O–H groups in total. The first-order valence-corrected chi connectivity index (χ1v) is 10.9. The summed E-state index contributed by atoms with van der Waals surface area (Å²) in [6.45, 7) is 8.06. The van der Waals surface area contributed by atoms with Crippen molar-refractivity contribution >= 4 is 28.6 Å². The van der Waals surface area contributed by atoms with Crippen molar-refractivity contribution in [2.24, 2.45) is 5.92 Å². The Morgan fingerprint density at radius 3 is 2.63 bits per heavy atom. The molecule has 0 radical (unpaired) electrons. The van der Waals surface area contributed by atoms with E-state index in [0.717, 1.165) is 5.56 Å². The molecule has 0 spiro atoms. The monoisotopic (exact) mass is 425 g/mol. The molecule has 3 rings (SSSR count). The summed E-state index contributed by atoms with van der Waals surface area (Å²) in [7, 11) is 1.57. The lowest BCUT2D eigenvalue weighted by Crippen LogP contribution is -2.37. The second-order valence-corrected chi connectivity index (χ2v) is 8.56. The fourth-order valence-corrected chi connectivity index (χ4v) is 3.81. The number of amides is 1. The van der Waals surface area contributed by atoms with Crippen LogP contribution in [-0.4, -0.2) is 34.4 Å². The molecule has 1 aromatic heterocycles. The van der Waals surface area contributed by atoms with Crippen LogP contribution in [0.2, 0.25) is 0 Å². The van der Waals surface area contributed by atoms with E-state index < -0.39 is 0 Å². The van der Waals surface area contributed by atoms with Gasteiger partial charge in [0.15, 0.2) is 5.16 Å². The SMILES string of the molecule is COc1ccc(C)cc1-n1c(SCC(=O)N[C@@H](C)C(C)C)nc2ccccc2c1=O. The van der Waals surface area contributed by atoms with Crippen LogP contribution >= 0.6 is 11.8 Å². The normalized spacial score (nSPS) is 12.2. The van der Waals surface area contributed by atoms with E-state index >= 15 is 0 Å². The Morgan fingerprint density at radius 2 is 1.93 bits per heavy atom. The zero-order chi connectivity index (χ0) is 21.8. The summed E-state index contributed by atoms with van der Waals surface area (Å²) in [5.74, 6) is 0.981. The van der Waals surface area contributed by atoms with E-state index in [1.807, 2.05) is 44.2 Å². The lowest BCUT2D eigenvalue weighted by molar-refractivity contribution is -0.119. The topological polar surface area (TPSA) is 73.2 Å². The van der Waals surface area contributed by atoms with Crippen molar-refractivity contribution in [2.75, 3.05) is 12.9 Å². The first-order valence-electron chi connectivity index (χ1n) is 9.90. The van der Waals surface area contributed by atoms with Crippen molar-refractivity contribution < 1.29 is 9.53 Å². The second kappa shape index (κ2) is 9.34. The van der Waals surface area contributed by atoms with Crippen LogP contribution in [0.15, 0.2) is 52.4 Å². The number of carbonyl (C=O) groups excluding carboxylic acids is 1. The molecule has 0 fully saturated rings. The van der Waals surface area contributed by atoms with Gasteiger partial charge in [-0.15, -0.1) is 0 Å². The quantitative estimate of drug-likeness (QED) is 0.458. The number of fused-ring (bicyclic) bond motifs is 1. The number of carbonyl (C=O) groups is 1. The molecule has 30 heavy (non-hydrogen) atoms. The molecule has 0 unspecified atom stereocenters. The molecule has 1 heterocycles. The molecule has 2 aromatic carbocycles. The minimum atomic E-state index is -0.192. The maximum atomic E-state index is 13.4. The van der Waals surface area contributed by atoms with Gasteiger partial charge in [-0.3, -0.25) is 14.2 Å². The number of thioether (sulfide) groups is 1. The Labute approximate surface area is 180 Å². The average molecular weight is 426 g/mol. The summed E-state index contributed by atoms with van der Waals surface area (Å²) in [4.78, 5) is 30.5. The molecular weight excluding hydrogens is 398 g/mol. The Balaban J connectivity index is 2.07. The summed E-state index contributed by atoms with van der Waals surface area (Å²) in [6.07, 6.45) is 0. The van der Waals surface area contributed by atoms with Crippen LogP contribution in [0.1, 0.15) is 26.3 Å². The molecule has 0 aliphatic heterocycles. The average Bonchev–Trinajstić information content (AvgIpc) is 2.72. The highest BCUT2D eigenvalue weighted by Gasteiger charge is 2.18. The molecule has 1 atom stereocenters. The number of methoxy groups -OCH3 is 1. The fourth-order valence-electron chi connectivity index (χ4n) is 2.99. The fraction of sp³-hybridized carbons (Fsp3) is 0.348. The smallest absolute Gasteiger partial charge is 0.266 e. The zero-order valence-corrected chi connectivity index (χ0v) is 18.7. The van der Waals surface area contributed by atoms with Crippen LogP contribution in [0.4, 0.5) is 0 Å². The van der Waals surface area contributed by atoms with Crippen molar-refractivity contribution in [1.82, 2.24) is 14.9 Å². The van der Waals surface area contributed by atoms with E-state index in [0.29, 0.717) is 33.4 Å². The van der Waals surface area contributed by atoms with Gasteiger partial charge in [0.05, 0.1) is 29.5 Å². The number of benzene rings is 2. The maximum absolute atomic E-state index is 13.4. The van der Waals surface area contributed by atoms with Gasteiger partial charge in [0.2, 0.25) is 5.91 Å². The molecule has 0 aliphatic carbocycles. The second-order valence-electron chi connectivity index (χ2n) is 7.62. The highest BCUT2D eigenvalue weighted by Crippen LogP contribution is 2.28. The van der Waals surface area contributed by atoms with Crippen molar-refractivity contribution in [3.8, 4) is 11.4 Å². The number of para-hydroxylation sites is 1. The van der Waals surface area contributed by atoms with E-state index in [1.54, 1.807) is 19.2 Å². The van der Waals surface area contributed by atoms with Gasteiger partial charge < -0.3 is 10.1 Å². The van der Waals surface area contributed by atoms with Crippen LogP contribution in [0.5, 0.6) is 5.75 Å². The molecule has 0 aliphatic rings. The molecular formula is C23H27N3O3S. The highest BCUT2D eigenvalue weighted by molar-refractivity contribution is 7.99. The predicted octanol–water partition coefficient (Wildman–Crippen LogP) is 3.96. The Kier molecular flexibility index (Phi) is 6.82. The molecule has 1 amide bonds. The van der Waals surface area contributed by atoms with Crippen LogP contribution in [0, 0.1) is 12.8 Å². The van der Waals surface area contributed by atoms with E-state index in [2.05, 4.69) is 19.2 Å². The molecule has 6 nitrogen and oxygen atoms in total. The molecule has 3 aromatic rings. The third-order valence-electron chi connectivity index (χ3n) is 5.04. The van der Waals surface area contributed by atoms with Crippen LogP contribution < -0.4 is 15.6 Å². The standard InChI is InChI=1S/C23H27N3O3S/c1-14(2)16(4)24-21(27)13-30-23-25-18-9-7-6-8-17(18)22(28)26(23)19-12-15(3)10-11-20(19)29-5/h6-12,14,16H,13H2,1-5H3,(H,24,27)/t16-/m0/s1. The Bertz CT molecular complexity index is 1120. The van der Waals surface area contributed by atoms with Gasteiger partial charge in [-0.05, 0) is 49.6 Å². The predicted molar refractivity (Wildman–Crippen MR) is 122 cm³/mol. The summed E-state index contributed by atoms with van der Waals surface area (Å²) in [6, 6.07) is 12.9. The largest absolute Gasteiger partial charge is 0.495 e. The molecule has 0 saturated heterocycles. The summed E-state index contributed by atoms with van der Waals surface area (Å²) >= 11 is 1.24. The third-order valence-corrected chi connectivity index (χ3v) is 5.98. The van der Waals surface area contributed by atoms with Gasteiger partial charge in [-0.1, -0.05) is 43.8 Å². The first kappa shape index (κ1) is 21.9. The van der Waals surface area contributed by atoms with E-state index in [4.69, 9.17) is 9.72 Å². The number of nitrogens with zero attached hydrogens (tertiary/aromatic N) is 2. The zero-order valence-electron chi connectivity index (χ0n) is 17.9. The van der Waals surface area contributed by atoms with Crippen LogP contribution in [0.3, 0.4) is 0 Å². The first-order chi connectivity index (χ1) is 14.3. The Morgan fingerprint density at radius 1 is 1.20 bits per heavy atom. The van der Waals surface area contributed by atoms with Crippen LogP contribution in [-0.2, 0) is 4.79 Å². The van der Waals surface area contributed by atoms with Gasteiger partial charge in [0.1, 0.15) is 5.75 Å². The van der Waals surface area contributed by atoms with Crippen LogP contribution in [0.25, 0.3) is 16.6 Å². The number of aryl methyl sites for hydroxylation is 1. The van der Waals surface area contributed by atoms with E-state index in [1.165, 1.54) is 16.3 Å². The molecule has 0 saturated carbocycles. The number of hydrogen-bond donors (Lipinski definition) is 1. The van der Waals surface area contributed by atoms with Gasteiger partial charge in [0, 0.05) is 6.04 Å². The minimum absolute atomic E-state index is 0.0710. The van der Waals surface area contributed by atoms with Crippen molar-refractivity contribution in [3.63, 3.8) is 0 Å². The van der Waals surface area contributed by atoms with E-state index in [-0.39, 0.29) is 23.3 Å². The minimum Gasteiger partial charge on any atom is -0.495 e. The summed E-state index contributed by atoms with van der Waals surface area (Å²) in [5.41, 5.74) is 2.01. The van der Waals surface area contributed by atoms with Gasteiger partial charge >= 0.3 is 0 Å². The number of hydrogen-bond acceptors (Lipinski definition) is 5. The number of ether oxygens (including phenoxy) is 1. The number of aromatic nitrogens is 2. The van der Waals surface area contributed by atoms with Crippen molar-refractivity contribution in [2.45, 2.75) is 38.9 Å². The highest BCUT2D eigenvalue weighted by atomic mass is 32.2. The number of rotatable bonds is 7. The van der Waals surface area contributed by atoms with E-state index in [9.17, 15) is 9.59 Å².